The van der Waals surface area contributed by atoms with Crippen molar-refractivity contribution in [1.82, 2.24) is 20.5 Å². The molecule has 0 aliphatic heterocycles. The minimum atomic E-state index is -1.20. The Bertz CT molecular complexity index is 1140. The number of pyridine rings is 1. The summed E-state index contributed by atoms with van der Waals surface area (Å²) in [4.78, 5) is 15.6. The molecule has 154 valence electrons. The van der Waals surface area contributed by atoms with Gasteiger partial charge >= 0.3 is 5.97 Å². The number of halogens is 1. The molecule has 0 aliphatic rings. The van der Waals surface area contributed by atoms with Gasteiger partial charge in [0.25, 0.3) is 0 Å². The van der Waals surface area contributed by atoms with E-state index in [1.165, 1.54) is 12.3 Å². The van der Waals surface area contributed by atoms with Gasteiger partial charge in [0.2, 0.25) is 0 Å². The summed E-state index contributed by atoms with van der Waals surface area (Å²) in [6.45, 7) is 2.02. The Morgan fingerprint density at radius 3 is 2.90 bits per heavy atom. The van der Waals surface area contributed by atoms with Crippen molar-refractivity contribution < 1.29 is 19.0 Å². The van der Waals surface area contributed by atoms with E-state index in [1.807, 2.05) is 6.07 Å². The monoisotopic (exact) mass is 410 g/mol. The molecule has 5 N–H and O–H groups in total. The summed E-state index contributed by atoms with van der Waals surface area (Å²) in [7, 11) is 1.76. The molecule has 0 aliphatic carbocycles. The Morgan fingerprint density at radius 1 is 1.47 bits per heavy atom. The fourth-order valence-electron chi connectivity index (χ4n) is 3.08. The number of hydrogen-bond donors (Lipinski definition) is 4. The maximum atomic E-state index is 13.7. The number of aromatic amines is 1. The van der Waals surface area contributed by atoms with Crippen molar-refractivity contribution in [3.05, 3.63) is 58.8 Å². The lowest BCUT2D eigenvalue weighted by Crippen LogP contribution is -2.12. The van der Waals surface area contributed by atoms with E-state index in [0.717, 1.165) is 12.1 Å². The van der Waals surface area contributed by atoms with E-state index in [0.29, 0.717) is 23.4 Å². The number of carboxylic acid groups (broad SMARTS) is 1. The smallest absolute Gasteiger partial charge is 0.336 e. The highest BCUT2D eigenvalue weighted by Gasteiger charge is 2.21. The molecular formula is C20H19FN6O3. The number of nitriles is 1. The van der Waals surface area contributed by atoms with E-state index in [2.05, 4.69) is 20.5 Å². The number of carbonyl (C=O) groups is 1. The minimum absolute atomic E-state index is 0.0658. The molecule has 3 aromatic rings. The number of nitrogens with zero attached hydrogens (tertiary/aromatic N) is 3. The first-order valence-corrected chi connectivity index (χ1v) is 8.93. The second-order valence-corrected chi connectivity index (χ2v) is 6.47. The van der Waals surface area contributed by atoms with Crippen LogP contribution >= 0.6 is 0 Å². The molecule has 1 aromatic carbocycles. The first-order valence-electron chi connectivity index (χ1n) is 8.93. The quantitative estimate of drug-likeness (QED) is 0.464. The van der Waals surface area contributed by atoms with Crippen molar-refractivity contribution in [2.75, 3.05) is 12.8 Å². The zero-order valence-electron chi connectivity index (χ0n) is 16.2. The number of anilines is 1. The number of aromatic carboxylic acids is 1. The van der Waals surface area contributed by atoms with Gasteiger partial charge in [0.05, 0.1) is 11.3 Å². The van der Waals surface area contributed by atoms with Gasteiger partial charge in [-0.2, -0.15) is 10.4 Å². The number of aromatic nitrogens is 3. The van der Waals surface area contributed by atoms with E-state index >= 15 is 0 Å². The lowest BCUT2D eigenvalue weighted by Gasteiger charge is -2.18. The van der Waals surface area contributed by atoms with Gasteiger partial charge in [-0.1, -0.05) is 0 Å². The molecule has 3 rings (SSSR count). The van der Waals surface area contributed by atoms with Crippen LogP contribution in [0.5, 0.6) is 5.75 Å². The summed E-state index contributed by atoms with van der Waals surface area (Å²) >= 11 is 0. The Hall–Kier alpha value is -3.97. The standard InChI is InChI=1S/C20H19FN6O3/c1-10(14-6-12(21)3-4-13(14)20(28)29)30-17-5-11(8-25-19(17)23)18-15(7-22)26-27-16(18)9-24-2/h3-6,8,10,24H,9H2,1-2H3,(H2,23,25)(H,26,27)(H,28,29)/t10-/m1/s1. The number of benzene rings is 1. The minimum Gasteiger partial charge on any atom is -0.482 e. The summed E-state index contributed by atoms with van der Waals surface area (Å²) in [5, 5.41) is 28.5. The van der Waals surface area contributed by atoms with Gasteiger partial charge in [0, 0.05) is 29.4 Å². The van der Waals surface area contributed by atoms with Crippen LogP contribution < -0.4 is 15.8 Å². The summed E-state index contributed by atoms with van der Waals surface area (Å²) in [5.41, 5.74) is 7.97. The van der Waals surface area contributed by atoms with Crippen molar-refractivity contribution in [1.29, 1.82) is 5.26 Å². The fourth-order valence-corrected chi connectivity index (χ4v) is 3.08. The Labute approximate surface area is 171 Å². The van der Waals surface area contributed by atoms with Gasteiger partial charge in [-0.25, -0.2) is 14.2 Å². The molecule has 0 unspecified atom stereocenters. The average molecular weight is 410 g/mol. The second-order valence-electron chi connectivity index (χ2n) is 6.47. The third kappa shape index (κ3) is 4.06. The topological polar surface area (TPSA) is 150 Å². The number of nitrogens with one attached hydrogen (secondary N) is 2. The number of rotatable bonds is 7. The number of H-pyrrole nitrogens is 1. The number of hydrogen-bond acceptors (Lipinski definition) is 7. The maximum Gasteiger partial charge on any atom is 0.336 e. The number of carboxylic acids is 1. The summed E-state index contributed by atoms with van der Waals surface area (Å²) in [5.74, 6) is -1.55. The highest BCUT2D eigenvalue weighted by atomic mass is 19.1. The fraction of sp³-hybridized carbons (Fsp3) is 0.200. The average Bonchev–Trinajstić information content (AvgIpc) is 3.12. The van der Waals surface area contributed by atoms with Crippen molar-refractivity contribution in [3.8, 4) is 22.9 Å². The van der Waals surface area contributed by atoms with Crippen molar-refractivity contribution in [3.63, 3.8) is 0 Å². The van der Waals surface area contributed by atoms with E-state index in [9.17, 15) is 19.6 Å². The molecule has 30 heavy (non-hydrogen) atoms. The lowest BCUT2D eigenvalue weighted by molar-refractivity contribution is 0.0691. The van der Waals surface area contributed by atoms with Gasteiger partial charge in [-0.3, -0.25) is 5.10 Å². The molecule has 1 atom stereocenters. The van der Waals surface area contributed by atoms with Crippen molar-refractivity contribution in [2.45, 2.75) is 19.6 Å². The largest absolute Gasteiger partial charge is 0.482 e. The SMILES string of the molecule is CNCc1[nH]nc(C#N)c1-c1cnc(N)c(O[C@H](C)c2cc(F)ccc2C(=O)O)c1. The molecule has 2 aromatic heterocycles. The molecule has 0 saturated heterocycles. The van der Waals surface area contributed by atoms with E-state index in [-0.39, 0.29) is 28.4 Å². The van der Waals surface area contributed by atoms with Gasteiger partial charge in [0.1, 0.15) is 18.0 Å². The molecule has 0 saturated carbocycles. The number of nitrogen functional groups attached to an aromatic ring is 1. The lowest BCUT2D eigenvalue weighted by atomic mass is 10.0. The predicted octanol–water partition coefficient (Wildman–Crippen LogP) is 2.62. The Kier molecular flexibility index (Phi) is 5.94. The van der Waals surface area contributed by atoms with E-state index < -0.39 is 17.9 Å². The van der Waals surface area contributed by atoms with Crippen LogP contribution in [0.3, 0.4) is 0 Å². The number of nitrogens with two attached hydrogens (primary N) is 1. The maximum absolute atomic E-state index is 13.7. The molecule has 9 nitrogen and oxygen atoms in total. The van der Waals surface area contributed by atoms with Crippen LogP contribution in [-0.2, 0) is 6.54 Å². The van der Waals surface area contributed by atoms with Crippen LogP contribution in [-0.4, -0.2) is 33.3 Å². The summed E-state index contributed by atoms with van der Waals surface area (Å²) in [6.07, 6.45) is 0.658. The highest BCUT2D eigenvalue weighted by molar-refractivity contribution is 5.89. The predicted molar refractivity (Wildman–Crippen MR) is 106 cm³/mol. The van der Waals surface area contributed by atoms with Crippen LogP contribution in [0.2, 0.25) is 0 Å². The molecule has 0 spiro atoms. The van der Waals surface area contributed by atoms with Gasteiger partial charge in [-0.15, -0.1) is 0 Å². The van der Waals surface area contributed by atoms with Crippen LogP contribution in [0.25, 0.3) is 11.1 Å². The summed E-state index contributed by atoms with van der Waals surface area (Å²) < 4.78 is 19.5. The van der Waals surface area contributed by atoms with Gasteiger partial charge in [0.15, 0.2) is 17.3 Å². The van der Waals surface area contributed by atoms with E-state index in [4.69, 9.17) is 10.5 Å². The van der Waals surface area contributed by atoms with Crippen molar-refractivity contribution in [2.24, 2.45) is 0 Å². The zero-order chi connectivity index (χ0) is 21.8. The normalized spacial score (nSPS) is 11.7. The zero-order valence-corrected chi connectivity index (χ0v) is 16.2. The highest BCUT2D eigenvalue weighted by Crippen LogP contribution is 2.33. The second kappa shape index (κ2) is 8.59. The van der Waals surface area contributed by atoms with E-state index in [1.54, 1.807) is 20.0 Å². The van der Waals surface area contributed by atoms with Crippen LogP contribution in [0, 0.1) is 17.1 Å². The number of ether oxygens (including phenoxy) is 1. The molecule has 0 radical (unpaired) electrons. The third-order valence-electron chi connectivity index (χ3n) is 4.46. The molecule has 0 fully saturated rings. The van der Waals surface area contributed by atoms with Gasteiger partial charge < -0.3 is 20.9 Å². The first-order chi connectivity index (χ1) is 14.3. The third-order valence-corrected chi connectivity index (χ3v) is 4.46. The Balaban J connectivity index is 2.00. The molecule has 0 bridgehead atoms. The van der Waals surface area contributed by atoms with Gasteiger partial charge in [-0.05, 0) is 38.2 Å². The van der Waals surface area contributed by atoms with Crippen LogP contribution in [0.4, 0.5) is 10.2 Å². The summed E-state index contributed by atoms with van der Waals surface area (Å²) in [6, 6.07) is 6.97. The first kappa shape index (κ1) is 20.8. The van der Waals surface area contributed by atoms with Crippen LogP contribution in [0.1, 0.15) is 40.3 Å². The molecule has 2 heterocycles. The van der Waals surface area contributed by atoms with Crippen LogP contribution in [0.15, 0.2) is 30.5 Å². The Morgan fingerprint density at radius 2 is 2.23 bits per heavy atom. The molecule has 0 amide bonds. The van der Waals surface area contributed by atoms with Crippen molar-refractivity contribution >= 4 is 11.8 Å². The molecular weight excluding hydrogens is 391 g/mol. The molecule has 10 heteroatoms.